The van der Waals surface area contributed by atoms with Gasteiger partial charge in [0.2, 0.25) is 5.89 Å². The molecule has 1 saturated carbocycles. The van der Waals surface area contributed by atoms with Crippen LogP contribution in [0.1, 0.15) is 31.4 Å². The summed E-state index contributed by atoms with van der Waals surface area (Å²) in [6.07, 6.45) is 4.23. The molecule has 0 aromatic carbocycles. The first-order valence-corrected chi connectivity index (χ1v) is 3.90. The van der Waals surface area contributed by atoms with Crippen LogP contribution in [-0.2, 0) is 12.0 Å². The van der Waals surface area contributed by atoms with E-state index in [-0.39, 0.29) is 5.41 Å². The second kappa shape index (κ2) is 2.08. The third-order valence-corrected chi connectivity index (χ3v) is 2.32. The Morgan fingerprint density at radius 1 is 1.73 bits per heavy atom. The van der Waals surface area contributed by atoms with Crippen LogP contribution in [0.3, 0.4) is 0 Å². The van der Waals surface area contributed by atoms with Crippen molar-refractivity contribution in [3.63, 3.8) is 0 Å². The Bertz CT molecular complexity index is 263. The molecule has 60 valence electrons. The molecule has 1 aromatic rings. The molecule has 0 bridgehead atoms. The van der Waals surface area contributed by atoms with Gasteiger partial charge in [-0.25, -0.2) is 4.98 Å². The van der Waals surface area contributed by atoms with Crippen LogP contribution < -0.4 is 5.73 Å². The van der Waals surface area contributed by atoms with Gasteiger partial charge in [0, 0.05) is 5.41 Å². The van der Waals surface area contributed by atoms with E-state index >= 15 is 0 Å². The molecule has 0 atom stereocenters. The standard InChI is InChI=1S/C8H12N2O/c1-8(2-3-8)6-5-10-7(4-9)11-6/h5H,2-4,9H2,1H3. The van der Waals surface area contributed by atoms with Crippen LogP contribution in [0.25, 0.3) is 0 Å². The molecule has 11 heavy (non-hydrogen) atoms. The predicted molar refractivity (Wildman–Crippen MR) is 41.0 cm³/mol. The van der Waals surface area contributed by atoms with Crippen LogP contribution in [-0.4, -0.2) is 4.98 Å². The molecule has 2 N–H and O–H groups in total. The third kappa shape index (κ3) is 1.05. The highest BCUT2D eigenvalue weighted by Crippen LogP contribution is 2.47. The second-order valence-corrected chi connectivity index (χ2v) is 3.38. The molecule has 0 saturated heterocycles. The number of nitrogens with zero attached hydrogens (tertiary/aromatic N) is 1. The van der Waals surface area contributed by atoms with Crippen LogP contribution in [0.15, 0.2) is 10.6 Å². The van der Waals surface area contributed by atoms with Gasteiger partial charge in [-0.2, -0.15) is 0 Å². The van der Waals surface area contributed by atoms with Crippen molar-refractivity contribution in [1.29, 1.82) is 0 Å². The summed E-state index contributed by atoms with van der Waals surface area (Å²) in [7, 11) is 0. The molecule has 1 fully saturated rings. The molecular weight excluding hydrogens is 140 g/mol. The van der Waals surface area contributed by atoms with Crippen molar-refractivity contribution < 1.29 is 4.42 Å². The predicted octanol–water partition coefficient (Wildman–Crippen LogP) is 1.18. The lowest BCUT2D eigenvalue weighted by molar-refractivity contribution is 0.426. The highest BCUT2D eigenvalue weighted by molar-refractivity contribution is 5.17. The average molecular weight is 152 g/mol. The van der Waals surface area contributed by atoms with Gasteiger partial charge in [0.1, 0.15) is 5.76 Å². The zero-order chi connectivity index (χ0) is 7.90. The number of hydrogen-bond donors (Lipinski definition) is 1. The van der Waals surface area contributed by atoms with E-state index in [2.05, 4.69) is 11.9 Å². The van der Waals surface area contributed by atoms with Gasteiger partial charge in [0.15, 0.2) is 0 Å². The fourth-order valence-electron chi connectivity index (χ4n) is 1.12. The van der Waals surface area contributed by atoms with Gasteiger partial charge in [-0.05, 0) is 12.8 Å². The average Bonchev–Trinajstić information content (AvgIpc) is 2.61. The minimum absolute atomic E-state index is 0.278. The van der Waals surface area contributed by atoms with E-state index in [0.717, 1.165) is 5.76 Å². The maximum Gasteiger partial charge on any atom is 0.208 e. The summed E-state index contributed by atoms with van der Waals surface area (Å²) in [6, 6.07) is 0. The van der Waals surface area contributed by atoms with Crippen LogP contribution in [0.5, 0.6) is 0 Å². The first kappa shape index (κ1) is 6.85. The molecule has 0 aliphatic heterocycles. The van der Waals surface area contributed by atoms with E-state index in [4.69, 9.17) is 10.2 Å². The van der Waals surface area contributed by atoms with E-state index in [1.165, 1.54) is 12.8 Å². The minimum Gasteiger partial charge on any atom is -0.444 e. The molecule has 0 radical (unpaired) electrons. The van der Waals surface area contributed by atoms with Crippen molar-refractivity contribution >= 4 is 0 Å². The van der Waals surface area contributed by atoms with Gasteiger partial charge in [-0.3, -0.25) is 0 Å². The number of nitrogens with two attached hydrogens (primary N) is 1. The van der Waals surface area contributed by atoms with Gasteiger partial charge in [-0.15, -0.1) is 0 Å². The Kier molecular flexibility index (Phi) is 1.29. The summed E-state index contributed by atoms with van der Waals surface area (Å²) < 4.78 is 5.42. The Morgan fingerprint density at radius 2 is 2.45 bits per heavy atom. The van der Waals surface area contributed by atoms with Gasteiger partial charge in [0.05, 0.1) is 12.7 Å². The van der Waals surface area contributed by atoms with Crippen LogP contribution >= 0.6 is 0 Å². The largest absolute Gasteiger partial charge is 0.444 e. The smallest absolute Gasteiger partial charge is 0.208 e. The van der Waals surface area contributed by atoms with Crippen LogP contribution in [0, 0.1) is 0 Å². The summed E-state index contributed by atoms with van der Waals surface area (Å²) in [5, 5.41) is 0. The van der Waals surface area contributed by atoms with E-state index in [9.17, 15) is 0 Å². The number of aromatic nitrogens is 1. The molecule has 0 unspecified atom stereocenters. The molecular formula is C8H12N2O. The Labute approximate surface area is 65.6 Å². The molecule has 1 aromatic heterocycles. The van der Waals surface area contributed by atoms with Gasteiger partial charge < -0.3 is 10.2 Å². The Balaban J connectivity index is 2.25. The number of hydrogen-bond acceptors (Lipinski definition) is 3. The van der Waals surface area contributed by atoms with E-state index in [0.29, 0.717) is 12.4 Å². The molecule has 0 amide bonds. The Hall–Kier alpha value is -0.830. The summed E-state index contributed by atoms with van der Waals surface area (Å²) in [5.74, 6) is 1.64. The van der Waals surface area contributed by atoms with Crippen molar-refractivity contribution in [2.75, 3.05) is 0 Å². The Morgan fingerprint density at radius 3 is 2.91 bits per heavy atom. The minimum atomic E-state index is 0.278. The lowest BCUT2D eigenvalue weighted by Gasteiger charge is -1.99. The summed E-state index contributed by atoms with van der Waals surface area (Å²) in [4.78, 5) is 4.05. The van der Waals surface area contributed by atoms with Crippen LogP contribution in [0.2, 0.25) is 0 Å². The normalized spacial score (nSPS) is 20.2. The monoisotopic (exact) mass is 152 g/mol. The van der Waals surface area contributed by atoms with Crippen LogP contribution in [0.4, 0.5) is 0 Å². The number of rotatable bonds is 2. The highest BCUT2D eigenvalue weighted by Gasteiger charge is 2.42. The number of oxazole rings is 1. The van der Waals surface area contributed by atoms with Gasteiger partial charge in [-0.1, -0.05) is 6.92 Å². The molecule has 2 rings (SSSR count). The quantitative estimate of drug-likeness (QED) is 0.692. The first-order valence-electron chi connectivity index (χ1n) is 3.90. The van der Waals surface area contributed by atoms with Crippen molar-refractivity contribution in [3.8, 4) is 0 Å². The maximum absolute atomic E-state index is 5.42. The van der Waals surface area contributed by atoms with E-state index in [1.54, 1.807) is 6.20 Å². The molecule has 1 aliphatic carbocycles. The third-order valence-electron chi connectivity index (χ3n) is 2.32. The summed E-state index contributed by atoms with van der Waals surface area (Å²) in [6.45, 7) is 2.59. The summed E-state index contributed by atoms with van der Waals surface area (Å²) >= 11 is 0. The molecule has 3 heteroatoms. The maximum atomic E-state index is 5.42. The molecule has 0 spiro atoms. The topological polar surface area (TPSA) is 52.0 Å². The van der Waals surface area contributed by atoms with Crippen molar-refractivity contribution in [2.24, 2.45) is 5.73 Å². The summed E-state index contributed by atoms with van der Waals surface area (Å²) in [5.41, 5.74) is 5.65. The lowest BCUT2D eigenvalue weighted by Crippen LogP contribution is -1.97. The lowest BCUT2D eigenvalue weighted by atomic mass is 10.1. The van der Waals surface area contributed by atoms with E-state index in [1.807, 2.05) is 0 Å². The molecule has 1 aliphatic rings. The van der Waals surface area contributed by atoms with Gasteiger partial charge >= 0.3 is 0 Å². The zero-order valence-corrected chi connectivity index (χ0v) is 6.63. The molecule has 1 heterocycles. The van der Waals surface area contributed by atoms with E-state index < -0.39 is 0 Å². The second-order valence-electron chi connectivity index (χ2n) is 3.38. The van der Waals surface area contributed by atoms with Gasteiger partial charge in [0.25, 0.3) is 0 Å². The highest BCUT2D eigenvalue weighted by atomic mass is 16.4. The van der Waals surface area contributed by atoms with Crippen molar-refractivity contribution in [2.45, 2.75) is 31.7 Å². The van der Waals surface area contributed by atoms with Crippen molar-refractivity contribution in [1.82, 2.24) is 4.98 Å². The first-order chi connectivity index (χ1) is 5.24. The van der Waals surface area contributed by atoms with Crippen molar-refractivity contribution in [3.05, 3.63) is 17.8 Å². The fraction of sp³-hybridized carbons (Fsp3) is 0.625. The molecule has 3 nitrogen and oxygen atoms in total. The SMILES string of the molecule is CC1(c2cnc(CN)o2)CC1. The fourth-order valence-corrected chi connectivity index (χ4v) is 1.12. The zero-order valence-electron chi connectivity index (χ0n) is 6.63.